The summed E-state index contributed by atoms with van der Waals surface area (Å²) in [6.45, 7) is 1.83. The molecule has 1 aromatic heterocycles. The molecule has 1 amide bonds. The number of hydrogen-bond acceptors (Lipinski definition) is 4. The van der Waals surface area contributed by atoms with Gasteiger partial charge in [0.05, 0.1) is 11.2 Å². The van der Waals surface area contributed by atoms with E-state index >= 15 is 0 Å². The number of aromatic nitrogens is 1. The van der Waals surface area contributed by atoms with Crippen LogP contribution in [0.3, 0.4) is 0 Å². The molecule has 0 aliphatic heterocycles. The van der Waals surface area contributed by atoms with Gasteiger partial charge in [0.15, 0.2) is 0 Å². The summed E-state index contributed by atoms with van der Waals surface area (Å²) in [5.41, 5.74) is 9.65. The van der Waals surface area contributed by atoms with Crippen molar-refractivity contribution >= 4 is 42.1 Å². The number of rotatable bonds is 8. The van der Waals surface area contributed by atoms with Crippen LogP contribution in [0.2, 0.25) is 0 Å². The molecule has 0 bridgehead atoms. The van der Waals surface area contributed by atoms with Crippen molar-refractivity contribution in [3.8, 4) is 0 Å². The third-order valence-corrected chi connectivity index (χ3v) is 3.98. The van der Waals surface area contributed by atoms with Crippen LogP contribution in [0.5, 0.6) is 0 Å². The first-order valence-corrected chi connectivity index (χ1v) is 8.12. The van der Waals surface area contributed by atoms with Gasteiger partial charge >= 0.3 is 0 Å². The van der Waals surface area contributed by atoms with Gasteiger partial charge in [-0.05, 0) is 18.4 Å². The van der Waals surface area contributed by atoms with E-state index in [9.17, 15) is 4.79 Å². The van der Waals surface area contributed by atoms with Crippen molar-refractivity contribution in [3.05, 3.63) is 52.5 Å². The number of benzene rings is 1. The fourth-order valence-electron chi connectivity index (χ4n) is 2.18. The fraction of sp³-hybridized carbons (Fsp3) is 0.375. The Bertz CT molecular complexity index is 538. The number of hydrogen-bond donors (Lipinski definition) is 1. The van der Waals surface area contributed by atoms with Gasteiger partial charge in [-0.15, -0.1) is 36.2 Å². The predicted molar refractivity (Wildman–Crippen MR) is 101 cm³/mol. The Hall–Kier alpha value is -1.14. The molecule has 23 heavy (non-hydrogen) atoms. The van der Waals surface area contributed by atoms with E-state index in [0.29, 0.717) is 25.9 Å². The molecule has 0 aliphatic rings. The van der Waals surface area contributed by atoms with Crippen LogP contribution in [0.4, 0.5) is 0 Å². The second-order valence-electron chi connectivity index (χ2n) is 4.88. The summed E-state index contributed by atoms with van der Waals surface area (Å²) in [6.07, 6.45) is 2.07. The van der Waals surface area contributed by atoms with E-state index in [1.54, 1.807) is 16.8 Å². The SMILES string of the molecule is Cl.Cl.NCCN(CCc1ccccc1)C(=O)CCc1cscn1. The van der Waals surface area contributed by atoms with Crippen LogP contribution in [0.1, 0.15) is 17.7 Å². The maximum absolute atomic E-state index is 12.3. The van der Waals surface area contributed by atoms with Crippen LogP contribution in [0.15, 0.2) is 41.2 Å². The van der Waals surface area contributed by atoms with Gasteiger partial charge in [-0.25, -0.2) is 4.98 Å². The van der Waals surface area contributed by atoms with Crippen molar-refractivity contribution in [1.82, 2.24) is 9.88 Å². The lowest BCUT2D eigenvalue weighted by Gasteiger charge is -2.22. The van der Waals surface area contributed by atoms with Crippen molar-refractivity contribution in [2.24, 2.45) is 5.73 Å². The molecule has 0 aliphatic carbocycles. The van der Waals surface area contributed by atoms with E-state index < -0.39 is 0 Å². The van der Waals surface area contributed by atoms with Crippen LogP contribution in [-0.4, -0.2) is 35.4 Å². The first kappa shape index (κ1) is 21.9. The van der Waals surface area contributed by atoms with E-state index in [0.717, 1.165) is 18.7 Å². The fourth-order valence-corrected chi connectivity index (χ4v) is 2.77. The predicted octanol–water partition coefficient (Wildman–Crippen LogP) is 2.95. The number of nitrogens with two attached hydrogens (primary N) is 1. The summed E-state index contributed by atoms with van der Waals surface area (Å²) in [6, 6.07) is 10.2. The van der Waals surface area contributed by atoms with E-state index in [2.05, 4.69) is 17.1 Å². The number of carbonyl (C=O) groups excluding carboxylic acids is 1. The average molecular weight is 376 g/mol. The Kier molecular flexibility index (Phi) is 11.7. The Morgan fingerprint density at radius 2 is 1.87 bits per heavy atom. The number of nitrogens with zero attached hydrogens (tertiary/aromatic N) is 2. The molecule has 1 aromatic carbocycles. The molecule has 1 heterocycles. The molecule has 2 rings (SSSR count). The maximum Gasteiger partial charge on any atom is 0.223 e. The van der Waals surface area contributed by atoms with Gasteiger partial charge in [0.2, 0.25) is 5.91 Å². The quantitative estimate of drug-likeness (QED) is 0.771. The third kappa shape index (κ3) is 7.79. The molecule has 7 heteroatoms. The minimum Gasteiger partial charge on any atom is -0.341 e. The highest BCUT2D eigenvalue weighted by molar-refractivity contribution is 7.07. The summed E-state index contributed by atoms with van der Waals surface area (Å²) >= 11 is 1.56. The zero-order chi connectivity index (χ0) is 14.9. The van der Waals surface area contributed by atoms with Crippen LogP contribution in [-0.2, 0) is 17.6 Å². The topological polar surface area (TPSA) is 59.2 Å². The lowest BCUT2D eigenvalue weighted by molar-refractivity contribution is -0.131. The monoisotopic (exact) mass is 375 g/mol. The van der Waals surface area contributed by atoms with Crippen LogP contribution >= 0.6 is 36.2 Å². The zero-order valence-corrected chi connectivity index (χ0v) is 15.3. The van der Waals surface area contributed by atoms with E-state index in [4.69, 9.17) is 5.73 Å². The third-order valence-electron chi connectivity index (χ3n) is 3.34. The summed E-state index contributed by atoms with van der Waals surface area (Å²) in [4.78, 5) is 18.4. The van der Waals surface area contributed by atoms with E-state index in [-0.39, 0.29) is 30.7 Å². The van der Waals surface area contributed by atoms with Gasteiger partial charge in [0.1, 0.15) is 0 Å². The molecule has 2 N–H and O–H groups in total. The van der Waals surface area contributed by atoms with Gasteiger partial charge in [-0.3, -0.25) is 4.79 Å². The van der Waals surface area contributed by atoms with E-state index in [1.165, 1.54) is 5.56 Å². The first-order valence-electron chi connectivity index (χ1n) is 7.18. The molecular formula is C16H23Cl2N3OS. The van der Waals surface area contributed by atoms with Crippen molar-refractivity contribution in [2.75, 3.05) is 19.6 Å². The minimum absolute atomic E-state index is 0. The van der Waals surface area contributed by atoms with Crippen molar-refractivity contribution in [1.29, 1.82) is 0 Å². The standard InChI is InChI=1S/C16H21N3OS.2ClH/c17-9-11-19(10-8-14-4-2-1-3-5-14)16(20)7-6-15-12-21-13-18-15;;/h1-5,12-13H,6-11,17H2;2*1H. The highest BCUT2D eigenvalue weighted by Gasteiger charge is 2.13. The molecule has 0 saturated carbocycles. The molecule has 128 valence electrons. The molecule has 0 saturated heterocycles. The van der Waals surface area contributed by atoms with Crippen molar-refractivity contribution in [2.45, 2.75) is 19.3 Å². The molecule has 0 spiro atoms. The van der Waals surface area contributed by atoms with Crippen LogP contribution in [0, 0.1) is 0 Å². The van der Waals surface area contributed by atoms with Crippen LogP contribution < -0.4 is 5.73 Å². The number of thiazole rings is 1. The zero-order valence-electron chi connectivity index (χ0n) is 12.9. The Labute approximate surface area is 153 Å². The molecule has 0 atom stereocenters. The van der Waals surface area contributed by atoms with E-state index in [1.807, 2.05) is 28.5 Å². The Morgan fingerprint density at radius 3 is 2.48 bits per heavy atom. The second-order valence-corrected chi connectivity index (χ2v) is 5.60. The number of carbonyl (C=O) groups is 1. The highest BCUT2D eigenvalue weighted by atomic mass is 35.5. The molecule has 0 radical (unpaired) electrons. The number of halogens is 2. The average Bonchev–Trinajstić information content (AvgIpc) is 3.03. The van der Waals surface area contributed by atoms with Gasteiger partial charge < -0.3 is 10.6 Å². The molecule has 2 aromatic rings. The smallest absolute Gasteiger partial charge is 0.223 e. The molecular weight excluding hydrogens is 353 g/mol. The molecule has 0 unspecified atom stereocenters. The second kappa shape index (κ2) is 12.3. The Balaban J connectivity index is 0.00000242. The van der Waals surface area contributed by atoms with Gasteiger partial charge in [0, 0.05) is 31.4 Å². The van der Waals surface area contributed by atoms with Crippen molar-refractivity contribution in [3.63, 3.8) is 0 Å². The molecule has 0 fully saturated rings. The highest BCUT2D eigenvalue weighted by Crippen LogP contribution is 2.07. The first-order chi connectivity index (χ1) is 10.3. The van der Waals surface area contributed by atoms with Gasteiger partial charge in [0.25, 0.3) is 0 Å². The van der Waals surface area contributed by atoms with Crippen molar-refractivity contribution < 1.29 is 4.79 Å². The van der Waals surface area contributed by atoms with Gasteiger partial charge in [-0.2, -0.15) is 0 Å². The summed E-state index contributed by atoms with van der Waals surface area (Å²) in [7, 11) is 0. The van der Waals surface area contributed by atoms with Gasteiger partial charge in [-0.1, -0.05) is 30.3 Å². The Morgan fingerprint density at radius 1 is 1.13 bits per heavy atom. The number of aryl methyl sites for hydroxylation is 1. The largest absolute Gasteiger partial charge is 0.341 e. The molecule has 4 nitrogen and oxygen atoms in total. The summed E-state index contributed by atoms with van der Waals surface area (Å²) < 4.78 is 0. The lowest BCUT2D eigenvalue weighted by Crippen LogP contribution is -2.37. The van der Waals surface area contributed by atoms with Crippen LogP contribution in [0.25, 0.3) is 0 Å². The maximum atomic E-state index is 12.3. The summed E-state index contributed by atoms with van der Waals surface area (Å²) in [5, 5.41) is 1.99. The minimum atomic E-state index is 0. The normalized spacial score (nSPS) is 9.61. The lowest BCUT2D eigenvalue weighted by atomic mass is 10.1. The summed E-state index contributed by atoms with van der Waals surface area (Å²) in [5.74, 6) is 0.157. The number of amides is 1.